The maximum atomic E-state index is 13.7. The molecule has 0 radical (unpaired) electrons. The highest BCUT2D eigenvalue weighted by Gasteiger charge is 2.16. The topological polar surface area (TPSA) is 39.2 Å². The molecular formula is C12H11F2NO. The number of aryl methyl sites for hydroxylation is 1. The van der Waals surface area contributed by atoms with E-state index in [2.05, 4.69) is 0 Å². The Bertz CT molecular complexity index is 520. The Kier molecular flexibility index (Phi) is 2.75. The Morgan fingerprint density at radius 3 is 2.56 bits per heavy atom. The average molecular weight is 223 g/mol. The quantitative estimate of drug-likeness (QED) is 0.850. The van der Waals surface area contributed by atoms with Gasteiger partial charge < -0.3 is 10.2 Å². The standard InChI is InChI=1S/C12H11F2NO/c1-7-2-4-9(13)11(12(7)14)10-5-3-8(6-15)16-10/h2-5H,6,15H2,1H3. The first-order valence-corrected chi connectivity index (χ1v) is 4.87. The van der Waals surface area contributed by atoms with Crippen molar-refractivity contribution in [1.82, 2.24) is 0 Å². The molecule has 0 saturated heterocycles. The lowest BCUT2D eigenvalue weighted by Crippen LogP contribution is -1.94. The highest BCUT2D eigenvalue weighted by molar-refractivity contribution is 5.60. The summed E-state index contributed by atoms with van der Waals surface area (Å²) in [5, 5.41) is 0. The molecule has 1 heterocycles. The van der Waals surface area contributed by atoms with Crippen molar-refractivity contribution < 1.29 is 13.2 Å². The number of hydrogen-bond acceptors (Lipinski definition) is 2. The number of halogens is 2. The van der Waals surface area contributed by atoms with Crippen molar-refractivity contribution in [2.75, 3.05) is 0 Å². The molecule has 0 aliphatic heterocycles. The van der Waals surface area contributed by atoms with Crippen molar-refractivity contribution in [2.24, 2.45) is 5.73 Å². The summed E-state index contributed by atoms with van der Waals surface area (Å²) < 4.78 is 32.5. The van der Waals surface area contributed by atoms with Gasteiger partial charge in [-0.05, 0) is 30.7 Å². The van der Waals surface area contributed by atoms with Crippen LogP contribution in [0.2, 0.25) is 0 Å². The van der Waals surface area contributed by atoms with Gasteiger partial charge in [0.25, 0.3) is 0 Å². The summed E-state index contributed by atoms with van der Waals surface area (Å²) in [5.74, 6) is -0.576. The van der Waals surface area contributed by atoms with Crippen LogP contribution in [0.25, 0.3) is 11.3 Å². The minimum absolute atomic E-state index is 0.139. The molecule has 0 aliphatic rings. The van der Waals surface area contributed by atoms with Crippen molar-refractivity contribution in [3.8, 4) is 11.3 Å². The third-order valence-corrected chi connectivity index (χ3v) is 2.39. The fraction of sp³-hybridized carbons (Fsp3) is 0.167. The molecule has 0 amide bonds. The minimum Gasteiger partial charge on any atom is -0.460 e. The van der Waals surface area contributed by atoms with Crippen molar-refractivity contribution >= 4 is 0 Å². The van der Waals surface area contributed by atoms with E-state index in [0.717, 1.165) is 0 Å². The largest absolute Gasteiger partial charge is 0.460 e. The van der Waals surface area contributed by atoms with E-state index >= 15 is 0 Å². The highest BCUT2D eigenvalue weighted by Crippen LogP contribution is 2.29. The smallest absolute Gasteiger partial charge is 0.140 e. The molecule has 0 bridgehead atoms. The number of benzene rings is 1. The van der Waals surface area contributed by atoms with E-state index in [4.69, 9.17) is 10.2 Å². The molecule has 16 heavy (non-hydrogen) atoms. The first-order valence-electron chi connectivity index (χ1n) is 4.87. The van der Waals surface area contributed by atoms with Crippen LogP contribution in [0.4, 0.5) is 8.78 Å². The third-order valence-electron chi connectivity index (χ3n) is 2.39. The Balaban J connectivity index is 2.58. The van der Waals surface area contributed by atoms with E-state index in [1.807, 2.05) is 0 Å². The molecule has 0 saturated carbocycles. The van der Waals surface area contributed by atoms with E-state index in [0.29, 0.717) is 11.3 Å². The zero-order valence-corrected chi connectivity index (χ0v) is 8.76. The Labute approximate surface area is 91.7 Å². The Morgan fingerprint density at radius 2 is 1.94 bits per heavy atom. The maximum absolute atomic E-state index is 13.7. The van der Waals surface area contributed by atoms with Crippen molar-refractivity contribution in [3.63, 3.8) is 0 Å². The second kappa shape index (κ2) is 4.06. The van der Waals surface area contributed by atoms with Gasteiger partial charge in [-0.3, -0.25) is 0 Å². The molecule has 1 aromatic heterocycles. The van der Waals surface area contributed by atoms with E-state index in [-0.39, 0.29) is 17.9 Å². The van der Waals surface area contributed by atoms with Gasteiger partial charge in [0.2, 0.25) is 0 Å². The molecule has 0 atom stereocenters. The van der Waals surface area contributed by atoms with Crippen molar-refractivity contribution in [2.45, 2.75) is 13.5 Å². The normalized spacial score (nSPS) is 10.8. The zero-order valence-electron chi connectivity index (χ0n) is 8.76. The van der Waals surface area contributed by atoms with E-state index < -0.39 is 11.6 Å². The van der Waals surface area contributed by atoms with Crippen LogP contribution < -0.4 is 5.73 Å². The van der Waals surface area contributed by atoms with Crippen LogP contribution in [0, 0.1) is 18.6 Å². The first kappa shape index (κ1) is 10.8. The van der Waals surface area contributed by atoms with Gasteiger partial charge in [-0.25, -0.2) is 8.78 Å². The third kappa shape index (κ3) is 1.72. The monoisotopic (exact) mass is 223 g/mol. The lowest BCUT2D eigenvalue weighted by Gasteiger charge is -2.04. The van der Waals surface area contributed by atoms with Gasteiger partial charge in [0.1, 0.15) is 23.2 Å². The predicted molar refractivity (Wildman–Crippen MR) is 56.7 cm³/mol. The first-order chi connectivity index (χ1) is 7.63. The van der Waals surface area contributed by atoms with Crippen molar-refractivity contribution in [3.05, 3.63) is 47.2 Å². The van der Waals surface area contributed by atoms with Crippen LogP contribution in [0.5, 0.6) is 0 Å². The molecule has 2 N–H and O–H groups in total. The van der Waals surface area contributed by atoms with E-state index in [1.54, 1.807) is 13.0 Å². The van der Waals surface area contributed by atoms with Crippen LogP contribution in [0.15, 0.2) is 28.7 Å². The van der Waals surface area contributed by atoms with Gasteiger partial charge >= 0.3 is 0 Å². The van der Waals surface area contributed by atoms with E-state index in [1.165, 1.54) is 18.2 Å². The van der Waals surface area contributed by atoms with Crippen molar-refractivity contribution in [1.29, 1.82) is 0 Å². The molecule has 0 unspecified atom stereocenters. The van der Waals surface area contributed by atoms with Gasteiger partial charge in [-0.15, -0.1) is 0 Å². The fourth-order valence-corrected chi connectivity index (χ4v) is 1.50. The van der Waals surface area contributed by atoms with Gasteiger partial charge in [0.15, 0.2) is 0 Å². The van der Waals surface area contributed by atoms with Crippen LogP contribution in [-0.2, 0) is 6.54 Å². The summed E-state index contributed by atoms with van der Waals surface area (Å²) in [4.78, 5) is 0. The highest BCUT2D eigenvalue weighted by atomic mass is 19.1. The van der Waals surface area contributed by atoms with Crippen LogP contribution in [-0.4, -0.2) is 0 Å². The van der Waals surface area contributed by atoms with Gasteiger partial charge in [0, 0.05) is 0 Å². The molecule has 0 spiro atoms. The maximum Gasteiger partial charge on any atom is 0.140 e. The lowest BCUT2D eigenvalue weighted by molar-refractivity contribution is 0.510. The number of hydrogen-bond donors (Lipinski definition) is 1. The fourth-order valence-electron chi connectivity index (χ4n) is 1.50. The van der Waals surface area contributed by atoms with Gasteiger partial charge in [-0.1, -0.05) is 6.07 Å². The molecule has 2 nitrogen and oxygen atoms in total. The Morgan fingerprint density at radius 1 is 1.19 bits per heavy atom. The second-order valence-corrected chi connectivity index (χ2v) is 3.52. The summed E-state index contributed by atoms with van der Waals surface area (Å²) in [6.07, 6.45) is 0. The summed E-state index contributed by atoms with van der Waals surface area (Å²) in [7, 11) is 0. The summed E-state index contributed by atoms with van der Waals surface area (Å²) in [5.41, 5.74) is 5.60. The molecule has 2 aromatic rings. The number of nitrogens with two attached hydrogens (primary N) is 1. The van der Waals surface area contributed by atoms with Crippen LogP contribution >= 0.6 is 0 Å². The summed E-state index contributed by atoms with van der Waals surface area (Å²) in [6.45, 7) is 1.78. The summed E-state index contributed by atoms with van der Waals surface area (Å²) >= 11 is 0. The van der Waals surface area contributed by atoms with Crippen LogP contribution in [0.3, 0.4) is 0 Å². The van der Waals surface area contributed by atoms with Gasteiger partial charge in [-0.2, -0.15) is 0 Å². The average Bonchev–Trinajstić information content (AvgIpc) is 2.73. The lowest BCUT2D eigenvalue weighted by atomic mass is 10.1. The molecule has 4 heteroatoms. The molecule has 84 valence electrons. The van der Waals surface area contributed by atoms with E-state index in [9.17, 15) is 8.78 Å². The predicted octanol–water partition coefficient (Wildman–Crippen LogP) is 2.99. The number of rotatable bonds is 2. The summed E-state index contributed by atoms with van der Waals surface area (Å²) in [6, 6.07) is 5.74. The minimum atomic E-state index is -0.638. The Hall–Kier alpha value is -1.68. The number of furan rings is 1. The van der Waals surface area contributed by atoms with Gasteiger partial charge in [0.05, 0.1) is 12.1 Å². The molecule has 2 rings (SSSR count). The zero-order chi connectivity index (χ0) is 11.7. The molecule has 1 aromatic carbocycles. The molecule has 0 fully saturated rings. The molecular weight excluding hydrogens is 212 g/mol. The SMILES string of the molecule is Cc1ccc(F)c(-c2ccc(CN)o2)c1F. The van der Waals surface area contributed by atoms with Crippen LogP contribution in [0.1, 0.15) is 11.3 Å². The second-order valence-electron chi connectivity index (χ2n) is 3.52. The molecule has 0 aliphatic carbocycles.